The highest BCUT2D eigenvalue weighted by Crippen LogP contribution is 2.40. The van der Waals surface area contributed by atoms with Crippen molar-refractivity contribution in [3.05, 3.63) is 22.2 Å². The minimum absolute atomic E-state index is 0.255. The van der Waals surface area contributed by atoms with Gasteiger partial charge < -0.3 is 0 Å². The number of thiophene rings is 2. The maximum absolute atomic E-state index is 10.8. The Morgan fingerprint density at radius 3 is 1.67 bits per heavy atom. The largest absolute Gasteiger partial charge is 0.326 e. The molecule has 0 saturated carbocycles. The highest BCUT2D eigenvalue weighted by molar-refractivity contribution is 8.01. The van der Waals surface area contributed by atoms with Crippen molar-refractivity contribution >= 4 is 48.8 Å². The van der Waals surface area contributed by atoms with Crippen LogP contribution in [0.3, 0.4) is 0 Å². The fraction of sp³-hybridized carbons (Fsp3) is 0.750. The van der Waals surface area contributed by atoms with Gasteiger partial charge in [-0.1, -0.05) is 115 Å². The smallest absolute Gasteiger partial charge is 0.258 e. The van der Waals surface area contributed by atoms with Gasteiger partial charge in [0.2, 0.25) is 0 Å². The highest BCUT2D eigenvalue weighted by atomic mass is 32.2. The molecule has 0 aliphatic heterocycles. The Bertz CT molecular complexity index is 679. The molecule has 0 aliphatic rings. The topological polar surface area (TPSA) is 43.1 Å². The average Bonchev–Trinajstić information content (AvgIpc) is 3.29. The minimum atomic E-state index is -0.291. The zero-order chi connectivity index (χ0) is 21.4. The number of nitrogens with zero attached hydrogens (tertiary/aromatic N) is 1. The van der Waals surface area contributed by atoms with Crippen molar-refractivity contribution in [1.82, 2.24) is 0 Å². The van der Waals surface area contributed by atoms with E-state index in [1.54, 1.807) is 17.4 Å². The van der Waals surface area contributed by atoms with Crippen molar-refractivity contribution < 1.29 is 4.92 Å². The molecule has 3 nitrogen and oxygen atoms in total. The Morgan fingerprint density at radius 1 is 0.733 bits per heavy atom. The van der Waals surface area contributed by atoms with Crippen molar-refractivity contribution in [3.8, 4) is 0 Å². The second-order valence-electron chi connectivity index (χ2n) is 8.29. The molecule has 0 radical (unpaired) electrons. The van der Waals surface area contributed by atoms with Gasteiger partial charge in [-0.05, 0) is 18.2 Å². The number of rotatable bonds is 19. The third-order valence-corrected chi connectivity index (χ3v) is 9.13. The Balaban J connectivity index is 1.34. The molecule has 170 valence electrons. The van der Waals surface area contributed by atoms with Crippen LogP contribution in [0.4, 0.5) is 5.00 Å². The van der Waals surface area contributed by atoms with Crippen molar-refractivity contribution in [1.29, 1.82) is 0 Å². The van der Waals surface area contributed by atoms with Crippen LogP contribution in [-0.2, 0) is 0 Å². The van der Waals surface area contributed by atoms with Crippen LogP contribution in [-0.4, -0.2) is 10.7 Å². The minimum Gasteiger partial charge on any atom is -0.258 e. The van der Waals surface area contributed by atoms with Crippen LogP contribution in [0.1, 0.15) is 110 Å². The summed E-state index contributed by atoms with van der Waals surface area (Å²) in [6.07, 6.45) is 22.5. The van der Waals surface area contributed by atoms with Crippen LogP contribution in [0.25, 0.3) is 9.40 Å². The summed E-state index contributed by atoms with van der Waals surface area (Å²) in [4.78, 5) is 10.5. The molecule has 0 N–H and O–H groups in total. The van der Waals surface area contributed by atoms with E-state index in [0.717, 1.165) is 15.2 Å². The van der Waals surface area contributed by atoms with Crippen LogP contribution in [0.2, 0.25) is 0 Å². The lowest BCUT2D eigenvalue weighted by molar-refractivity contribution is -0.380. The van der Waals surface area contributed by atoms with E-state index in [1.165, 1.54) is 118 Å². The molecule has 0 amide bonds. The number of hydrogen-bond donors (Lipinski definition) is 0. The summed E-state index contributed by atoms with van der Waals surface area (Å²) in [6.45, 7) is 2.28. The van der Waals surface area contributed by atoms with Gasteiger partial charge in [-0.3, -0.25) is 10.1 Å². The summed E-state index contributed by atoms with van der Waals surface area (Å²) in [6, 6.07) is 3.83. The molecule has 0 atom stereocenters. The molecule has 0 unspecified atom stereocenters. The molecule has 0 spiro atoms. The first kappa shape index (κ1) is 25.7. The van der Waals surface area contributed by atoms with Gasteiger partial charge >= 0.3 is 5.00 Å². The molecule has 2 aromatic heterocycles. The van der Waals surface area contributed by atoms with E-state index in [0.29, 0.717) is 0 Å². The van der Waals surface area contributed by atoms with Crippen molar-refractivity contribution in [3.63, 3.8) is 0 Å². The molecule has 6 heteroatoms. The Labute approximate surface area is 195 Å². The summed E-state index contributed by atoms with van der Waals surface area (Å²) in [5, 5.41) is 11.1. The predicted octanol–water partition coefficient (Wildman–Crippen LogP) is 10.2. The number of unbranched alkanes of at least 4 members (excludes halogenated alkanes) is 15. The Kier molecular flexibility index (Phi) is 13.8. The summed E-state index contributed by atoms with van der Waals surface area (Å²) < 4.78 is 3.41. The maximum atomic E-state index is 10.8. The molecular formula is C24H39NO2S3. The van der Waals surface area contributed by atoms with Crippen LogP contribution in [0, 0.1) is 10.1 Å². The second kappa shape index (κ2) is 16.1. The second-order valence-corrected chi connectivity index (χ2v) is 11.8. The van der Waals surface area contributed by atoms with Gasteiger partial charge in [0.25, 0.3) is 0 Å². The fourth-order valence-corrected chi connectivity index (χ4v) is 7.30. The zero-order valence-corrected chi connectivity index (χ0v) is 21.1. The van der Waals surface area contributed by atoms with E-state index in [-0.39, 0.29) is 9.92 Å². The molecule has 0 fully saturated rings. The first-order chi connectivity index (χ1) is 14.7. The lowest BCUT2D eigenvalue weighted by atomic mass is 10.0. The maximum Gasteiger partial charge on any atom is 0.326 e. The summed E-state index contributed by atoms with van der Waals surface area (Å²) in [5.74, 6) is 1.16. The third kappa shape index (κ3) is 10.6. The summed E-state index contributed by atoms with van der Waals surface area (Å²) in [7, 11) is 0. The molecule has 2 aromatic rings. The van der Waals surface area contributed by atoms with E-state index in [1.807, 2.05) is 11.8 Å². The monoisotopic (exact) mass is 469 g/mol. The number of nitro groups is 1. The van der Waals surface area contributed by atoms with Gasteiger partial charge in [0.15, 0.2) is 0 Å². The van der Waals surface area contributed by atoms with Crippen LogP contribution >= 0.6 is 34.4 Å². The number of thioether (sulfide) groups is 1. The molecule has 0 saturated heterocycles. The van der Waals surface area contributed by atoms with Gasteiger partial charge in [-0.25, -0.2) is 0 Å². The number of hydrogen-bond acceptors (Lipinski definition) is 5. The standard InChI is InChI=1S/C24H39NO2S3/c1-2-3-4-5-6-7-8-9-10-11-12-13-14-15-16-17-18-28-24-20-22-21(30-24)19-23(29-22)25(26)27/h19-20H,2-18H2,1H3. The van der Waals surface area contributed by atoms with Gasteiger partial charge in [-0.15, -0.1) is 23.1 Å². The van der Waals surface area contributed by atoms with Crippen molar-refractivity contribution in [2.45, 2.75) is 114 Å². The lowest BCUT2D eigenvalue weighted by Crippen LogP contribution is -1.84. The lowest BCUT2D eigenvalue weighted by Gasteiger charge is -2.03. The van der Waals surface area contributed by atoms with Gasteiger partial charge in [-0.2, -0.15) is 0 Å². The van der Waals surface area contributed by atoms with E-state index in [4.69, 9.17) is 0 Å². The Hall–Kier alpha value is -0.590. The first-order valence-electron chi connectivity index (χ1n) is 12.0. The Morgan fingerprint density at radius 2 is 1.20 bits per heavy atom. The van der Waals surface area contributed by atoms with Crippen LogP contribution in [0.15, 0.2) is 16.3 Å². The first-order valence-corrected chi connectivity index (χ1v) is 14.6. The molecule has 0 bridgehead atoms. The van der Waals surface area contributed by atoms with Gasteiger partial charge in [0.05, 0.1) is 18.5 Å². The highest BCUT2D eigenvalue weighted by Gasteiger charge is 2.14. The van der Waals surface area contributed by atoms with Crippen molar-refractivity contribution in [2.75, 3.05) is 5.75 Å². The van der Waals surface area contributed by atoms with E-state index in [2.05, 4.69) is 13.0 Å². The van der Waals surface area contributed by atoms with E-state index < -0.39 is 0 Å². The third-order valence-electron chi connectivity index (χ3n) is 5.59. The molecule has 0 aliphatic carbocycles. The summed E-state index contributed by atoms with van der Waals surface area (Å²) >= 11 is 4.89. The van der Waals surface area contributed by atoms with Crippen LogP contribution < -0.4 is 0 Å². The normalized spacial score (nSPS) is 11.5. The quantitative estimate of drug-likeness (QED) is 0.0889. The van der Waals surface area contributed by atoms with Crippen molar-refractivity contribution in [2.24, 2.45) is 0 Å². The SMILES string of the molecule is CCCCCCCCCCCCCCCCCCSc1cc2sc([N+](=O)[O-])cc2s1. The molecule has 2 heterocycles. The fourth-order valence-electron chi connectivity index (χ4n) is 3.78. The van der Waals surface area contributed by atoms with E-state index in [9.17, 15) is 10.1 Å². The average molecular weight is 470 g/mol. The zero-order valence-electron chi connectivity index (χ0n) is 18.7. The molecule has 0 aromatic carbocycles. The van der Waals surface area contributed by atoms with E-state index >= 15 is 0 Å². The number of fused-ring (bicyclic) bond motifs is 1. The van der Waals surface area contributed by atoms with Crippen LogP contribution in [0.5, 0.6) is 0 Å². The molecular weight excluding hydrogens is 430 g/mol. The predicted molar refractivity (Wildman–Crippen MR) is 137 cm³/mol. The summed E-state index contributed by atoms with van der Waals surface area (Å²) in [5.41, 5.74) is 0. The molecule has 30 heavy (non-hydrogen) atoms. The molecule has 2 rings (SSSR count). The van der Waals surface area contributed by atoms with Gasteiger partial charge in [0, 0.05) is 6.07 Å². The van der Waals surface area contributed by atoms with Gasteiger partial charge in [0.1, 0.15) is 0 Å².